The fraction of sp³-hybridized carbons (Fsp3) is 0.250. The van der Waals surface area contributed by atoms with Gasteiger partial charge < -0.3 is 5.32 Å². The first-order chi connectivity index (χ1) is 9.11. The molecular formula is C12H12ClN3OS2. The predicted molar refractivity (Wildman–Crippen MR) is 82.0 cm³/mol. The number of pyridine rings is 1. The SMILES string of the molecule is CC(CS)C(=O)Nc1sc(-c2cccnc2)nc1Cl. The number of nitrogens with zero attached hydrogens (tertiary/aromatic N) is 2. The summed E-state index contributed by atoms with van der Waals surface area (Å²) < 4.78 is 0. The third-order valence-electron chi connectivity index (χ3n) is 2.45. The molecule has 1 unspecified atom stereocenters. The van der Waals surface area contributed by atoms with Crippen molar-refractivity contribution in [2.24, 2.45) is 5.92 Å². The molecule has 0 spiro atoms. The third kappa shape index (κ3) is 3.46. The van der Waals surface area contributed by atoms with Gasteiger partial charge in [0, 0.05) is 29.6 Å². The number of thiol groups is 1. The third-order valence-corrected chi connectivity index (χ3v) is 4.41. The molecule has 7 heteroatoms. The molecule has 2 aromatic heterocycles. The lowest BCUT2D eigenvalue weighted by molar-refractivity contribution is -0.118. The Morgan fingerprint density at radius 3 is 3.05 bits per heavy atom. The van der Waals surface area contributed by atoms with Crippen molar-refractivity contribution in [2.75, 3.05) is 11.1 Å². The molecule has 0 aliphatic rings. The van der Waals surface area contributed by atoms with Crippen LogP contribution in [0.25, 0.3) is 10.6 Å². The molecule has 1 amide bonds. The molecule has 2 aromatic rings. The first kappa shape index (κ1) is 14.3. The number of anilines is 1. The molecule has 0 aliphatic heterocycles. The highest BCUT2D eigenvalue weighted by molar-refractivity contribution is 7.80. The van der Waals surface area contributed by atoms with E-state index >= 15 is 0 Å². The molecule has 4 nitrogen and oxygen atoms in total. The van der Waals surface area contributed by atoms with Crippen LogP contribution in [0, 0.1) is 5.92 Å². The quantitative estimate of drug-likeness (QED) is 0.851. The number of aromatic nitrogens is 2. The summed E-state index contributed by atoms with van der Waals surface area (Å²) in [7, 11) is 0. The Kier molecular flexibility index (Phi) is 4.79. The van der Waals surface area contributed by atoms with Crippen LogP contribution in [0.15, 0.2) is 24.5 Å². The molecule has 1 atom stereocenters. The molecule has 0 saturated carbocycles. The van der Waals surface area contributed by atoms with Gasteiger partial charge in [0.2, 0.25) is 5.91 Å². The van der Waals surface area contributed by atoms with Crippen LogP contribution in [0.1, 0.15) is 6.92 Å². The summed E-state index contributed by atoms with van der Waals surface area (Å²) in [6.45, 7) is 1.80. The van der Waals surface area contributed by atoms with Gasteiger partial charge in [-0.15, -0.1) is 0 Å². The van der Waals surface area contributed by atoms with Crippen molar-refractivity contribution in [1.29, 1.82) is 0 Å². The minimum atomic E-state index is -0.177. The zero-order chi connectivity index (χ0) is 13.8. The second-order valence-electron chi connectivity index (χ2n) is 3.95. The van der Waals surface area contributed by atoms with Crippen molar-refractivity contribution in [3.8, 4) is 10.6 Å². The van der Waals surface area contributed by atoms with Gasteiger partial charge in [-0.05, 0) is 12.1 Å². The van der Waals surface area contributed by atoms with Crippen molar-refractivity contribution < 1.29 is 4.79 Å². The zero-order valence-electron chi connectivity index (χ0n) is 10.1. The van der Waals surface area contributed by atoms with Gasteiger partial charge in [0.1, 0.15) is 10.0 Å². The second-order valence-corrected chi connectivity index (χ2v) is 5.68. The van der Waals surface area contributed by atoms with Crippen LogP contribution in [0.3, 0.4) is 0 Å². The number of amides is 1. The Morgan fingerprint density at radius 1 is 1.63 bits per heavy atom. The van der Waals surface area contributed by atoms with Crippen LogP contribution in [0.5, 0.6) is 0 Å². The molecule has 19 heavy (non-hydrogen) atoms. The first-order valence-electron chi connectivity index (χ1n) is 5.60. The Hall–Kier alpha value is -1.11. The normalized spacial score (nSPS) is 12.2. The van der Waals surface area contributed by atoms with Crippen LogP contribution in [0.4, 0.5) is 5.00 Å². The number of hydrogen-bond acceptors (Lipinski definition) is 5. The molecule has 0 fully saturated rings. The largest absolute Gasteiger partial charge is 0.315 e. The molecule has 0 aromatic carbocycles. The summed E-state index contributed by atoms with van der Waals surface area (Å²) in [4.78, 5) is 20.0. The summed E-state index contributed by atoms with van der Waals surface area (Å²) in [5, 5.41) is 4.35. The van der Waals surface area contributed by atoms with Gasteiger partial charge in [-0.3, -0.25) is 9.78 Å². The summed E-state index contributed by atoms with van der Waals surface area (Å²) >= 11 is 11.5. The fourth-order valence-electron chi connectivity index (χ4n) is 1.31. The number of carbonyl (C=O) groups is 1. The van der Waals surface area contributed by atoms with E-state index in [9.17, 15) is 4.79 Å². The van der Waals surface area contributed by atoms with Crippen LogP contribution < -0.4 is 5.32 Å². The average molecular weight is 314 g/mol. The molecule has 1 N–H and O–H groups in total. The van der Waals surface area contributed by atoms with Crippen molar-refractivity contribution in [3.63, 3.8) is 0 Å². The molecule has 0 radical (unpaired) electrons. The number of hydrogen-bond donors (Lipinski definition) is 2. The van der Waals surface area contributed by atoms with Gasteiger partial charge in [-0.1, -0.05) is 29.9 Å². The van der Waals surface area contributed by atoms with E-state index in [0.717, 1.165) is 10.6 Å². The van der Waals surface area contributed by atoms with Crippen LogP contribution >= 0.6 is 35.6 Å². The Balaban J connectivity index is 2.20. The average Bonchev–Trinajstić information content (AvgIpc) is 2.80. The van der Waals surface area contributed by atoms with E-state index in [4.69, 9.17) is 11.6 Å². The summed E-state index contributed by atoms with van der Waals surface area (Å²) in [5.74, 6) is 0.194. The second kappa shape index (κ2) is 6.36. The van der Waals surface area contributed by atoms with Gasteiger partial charge in [-0.25, -0.2) is 4.98 Å². The number of carbonyl (C=O) groups excluding carboxylic acids is 1. The topological polar surface area (TPSA) is 54.9 Å². The van der Waals surface area contributed by atoms with E-state index in [2.05, 4.69) is 27.9 Å². The summed E-state index contributed by atoms with van der Waals surface area (Å²) in [6, 6.07) is 3.72. The van der Waals surface area contributed by atoms with Crippen molar-refractivity contribution in [3.05, 3.63) is 29.7 Å². The summed E-state index contributed by atoms with van der Waals surface area (Å²) in [5.41, 5.74) is 0.872. The van der Waals surface area contributed by atoms with E-state index in [-0.39, 0.29) is 11.8 Å². The molecule has 0 saturated heterocycles. The maximum Gasteiger partial charge on any atom is 0.228 e. The molecule has 2 heterocycles. The maximum absolute atomic E-state index is 11.8. The van der Waals surface area contributed by atoms with Crippen LogP contribution in [-0.4, -0.2) is 21.6 Å². The van der Waals surface area contributed by atoms with Gasteiger partial charge in [0.05, 0.1) is 0 Å². The van der Waals surface area contributed by atoms with Crippen molar-refractivity contribution in [1.82, 2.24) is 9.97 Å². The Morgan fingerprint density at radius 2 is 2.42 bits per heavy atom. The summed E-state index contributed by atoms with van der Waals surface area (Å²) in [6.07, 6.45) is 3.40. The Labute approximate surface area is 125 Å². The lowest BCUT2D eigenvalue weighted by Gasteiger charge is -2.07. The predicted octanol–water partition coefficient (Wildman–Crippen LogP) is 3.36. The van der Waals surface area contributed by atoms with Gasteiger partial charge in [-0.2, -0.15) is 12.6 Å². The monoisotopic (exact) mass is 313 g/mol. The standard InChI is InChI=1S/C12H12ClN3OS2/c1-7(6-18)10(17)16-12-9(13)15-11(19-12)8-3-2-4-14-5-8/h2-5,7,18H,6H2,1H3,(H,16,17). The van der Waals surface area contributed by atoms with Crippen molar-refractivity contribution in [2.45, 2.75) is 6.92 Å². The van der Waals surface area contributed by atoms with Gasteiger partial charge in [0.25, 0.3) is 0 Å². The lowest BCUT2D eigenvalue weighted by atomic mass is 10.2. The van der Waals surface area contributed by atoms with Crippen molar-refractivity contribution >= 4 is 46.5 Å². The van der Waals surface area contributed by atoms with E-state index in [1.54, 1.807) is 19.3 Å². The highest BCUT2D eigenvalue weighted by atomic mass is 35.5. The Bertz CT molecular complexity index is 574. The van der Waals surface area contributed by atoms with E-state index in [1.165, 1.54) is 11.3 Å². The zero-order valence-corrected chi connectivity index (χ0v) is 12.6. The molecule has 0 bridgehead atoms. The smallest absolute Gasteiger partial charge is 0.228 e. The maximum atomic E-state index is 11.8. The highest BCUT2D eigenvalue weighted by Crippen LogP contribution is 2.34. The number of thiazole rings is 1. The minimum Gasteiger partial charge on any atom is -0.315 e. The number of nitrogens with one attached hydrogen (secondary N) is 1. The van der Waals surface area contributed by atoms with Crippen LogP contribution in [0.2, 0.25) is 5.15 Å². The molecule has 2 rings (SSSR count). The van der Waals surface area contributed by atoms with Gasteiger partial charge in [0.15, 0.2) is 5.15 Å². The fourth-order valence-corrected chi connectivity index (χ4v) is 2.62. The van der Waals surface area contributed by atoms with Crippen LogP contribution in [-0.2, 0) is 4.79 Å². The minimum absolute atomic E-state index is 0.113. The van der Waals surface area contributed by atoms with Gasteiger partial charge >= 0.3 is 0 Å². The number of halogens is 1. The van der Waals surface area contributed by atoms with E-state index < -0.39 is 0 Å². The molecular weight excluding hydrogens is 302 g/mol. The van der Waals surface area contributed by atoms with E-state index in [1.807, 2.05) is 12.1 Å². The lowest BCUT2D eigenvalue weighted by Crippen LogP contribution is -2.21. The number of rotatable bonds is 4. The highest BCUT2D eigenvalue weighted by Gasteiger charge is 2.16. The molecule has 0 aliphatic carbocycles. The van der Waals surface area contributed by atoms with E-state index in [0.29, 0.717) is 15.9 Å². The molecule has 100 valence electrons. The first-order valence-corrected chi connectivity index (χ1v) is 7.43.